The molecule has 0 atom stereocenters. The van der Waals surface area contributed by atoms with Crippen molar-refractivity contribution < 1.29 is 32.4 Å². The number of amides is 1. The standard InChI is InChI=1S/C17H13F3N2O5/c1-10-13(7-4-8-14(10)22(25)26)21-15(23)9-27-16(24)11-5-2-3-6-12(11)17(18,19)20/h2-8H,9H2,1H3,(H,21,23). The van der Waals surface area contributed by atoms with E-state index < -0.39 is 40.7 Å². The Morgan fingerprint density at radius 3 is 2.44 bits per heavy atom. The van der Waals surface area contributed by atoms with Crippen LogP contribution in [0.5, 0.6) is 0 Å². The molecule has 0 spiro atoms. The molecular formula is C17H13F3N2O5. The van der Waals surface area contributed by atoms with Crippen LogP contribution in [0.3, 0.4) is 0 Å². The van der Waals surface area contributed by atoms with Crippen molar-refractivity contribution in [2.24, 2.45) is 0 Å². The van der Waals surface area contributed by atoms with Gasteiger partial charge in [-0.3, -0.25) is 14.9 Å². The van der Waals surface area contributed by atoms with Crippen LogP contribution in [-0.2, 0) is 15.7 Å². The molecule has 0 unspecified atom stereocenters. The number of carbonyl (C=O) groups is 2. The Labute approximate surface area is 150 Å². The first-order valence-electron chi connectivity index (χ1n) is 7.48. The minimum atomic E-state index is -4.75. The van der Waals surface area contributed by atoms with E-state index in [2.05, 4.69) is 10.1 Å². The number of benzene rings is 2. The molecule has 2 rings (SSSR count). The smallest absolute Gasteiger partial charge is 0.417 e. The zero-order valence-corrected chi connectivity index (χ0v) is 13.9. The van der Waals surface area contributed by atoms with Crippen molar-refractivity contribution in [2.75, 3.05) is 11.9 Å². The molecule has 1 N–H and O–H groups in total. The normalized spacial score (nSPS) is 11.0. The fourth-order valence-corrected chi connectivity index (χ4v) is 2.26. The van der Waals surface area contributed by atoms with E-state index in [0.29, 0.717) is 0 Å². The molecule has 7 nitrogen and oxygen atoms in total. The second-order valence-corrected chi connectivity index (χ2v) is 5.37. The topological polar surface area (TPSA) is 98.5 Å². The number of alkyl halides is 3. The Bertz CT molecular complexity index is 896. The molecule has 27 heavy (non-hydrogen) atoms. The molecule has 0 aliphatic rings. The third-order valence-electron chi connectivity index (χ3n) is 3.56. The number of anilines is 1. The predicted octanol–water partition coefficient (Wildman–Crippen LogP) is 3.72. The Morgan fingerprint density at radius 1 is 1.15 bits per heavy atom. The summed E-state index contributed by atoms with van der Waals surface area (Å²) < 4.78 is 43.3. The third kappa shape index (κ3) is 4.81. The Morgan fingerprint density at radius 2 is 1.81 bits per heavy atom. The van der Waals surface area contributed by atoms with Gasteiger partial charge in [0.1, 0.15) is 0 Å². The fourth-order valence-electron chi connectivity index (χ4n) is 2.26. The Balaban J connectivity index is 2.06. The van der Waals surface area contributed by atoms with Crippen molar-refractivity contribution in [1.82, 2.24) is 0 Å². The number of hydrogen-bond acceptors (Lipinski definition) is 5. The predicted molar refractivity (Wildman–Crippen MR) is 88.2 cm³/mol. The summed E-state index contributed by atoms with van der Waals surface area (Å²) in [6.07, 6.45) is -4.75. The summed E-state index contributed by atoms with van der Waals surface area (Å²) in [5.74, 6) is -2.16. The minimum Gasteiger partial charge on any atom is -0.452 e. The van der Waals surface area contributed by atoms with Crippen molar-refractivity contribution in [3.63, 3.8) is 0 Å². The third-order valence-corrected chi connectivity index (χ3v) is 3.56. The van der Waals surface area contributed by atoms with Gasteiger partial charge in [0.25, 0.3) is 11.6 Å². The van der Waals surface area contributed by atoms with Gasteiger partial charge in [0.15, 0.2) is 6.61 Å². The molecule has 2 aromatic carbocycles. The van der Waals surface area contributed by atoms with E-state index in [0.717, 1.165) is 18.2 Å². The van der Waals surface area contributed by atoms with Gasteiger partial charge in [0.2, 0.25) is 0 Å². The van der Waals surface area contributed by atoms with Crippen LogP contribution in [0, 0.1) is 17.0 Å². The first kappa shape index (κ1) is 19.9. The fraction of sp³-hybridized carbons (Fsp3) is 0.176. The van der Waals surface area contributed by atoms with Gasteiger partial charge in [-0.25, -0.2) is 4.79 Å². The minimum absolute atomic E-state index is 0.126. The largest absolute Gasteiger partial charge is 0.452 e. The zero-order valence-electron chi connectivity index (χ0n) is 13.9. The highest BCUT2D eigenvalue weighted by Gasteiger charge is 2.35. The van der Waals surface area contributed by atoms with E-state index in [-0.39, 0.29) is 16.9 Å². The molecule has 0 aromatic heterocycles. The molecule has 0 radical (unpaired) electrons. The van der Waals surface area contributed by atoms with Crippen LogP contribution in [0.1, 0.15) is 21.5 Å². The molecule has 1 amide bonds. The molecule has 142 valence electrons. The van der Waals surface area contributed by atoms with Crippen molar-refractivity contribution >= 4 is 23.3 Å². The second-order valence-electron chi connectivity index (χ2n) is 5.37. The number of nitrogens with zero attached hydrogens (tertiary/aromatic N) is 1. The van der Waals surface area contributed by atoms with Gasteiger partial charge in [-0.05, 0) is 25.1 Å². The molecule has 0 saturated carbocycles. The zero-order chi connectivity index (χ0) is 20.2. The molecule has 0 aliphatic heterocycles. The van der Waals surface area contributed by atoms with Crippen molar-refractivity contribution in [1.29, 1.82) is 0 Å². The summed E-state index contributed by atoms with van der Waals surface area (Å²) in [6, 6.07) is 8.03. The van der Waals surface area contributed by atoms with Crippen LogP contribution in [-0.4, -0.2) is 23.4 Å². The van der Waals surface area contributed by atoms with Crippen LogP contribution in [0.2, 0.25) is 0 Å². The second kappa shape index (κ2) is 7.85. The summed E-state index contributed by atoms with van der Waals surface area (Å²) in [5, 5.41) is 13.2. The molecular weight excluding hydrogens is 369 g/mol. The number of nitrogens with one attached hydrogen (secondary N) is 1. The molecule has 0 aliphatic carbocycles. The molecule has 2 aromatic rings. The number of rotatable bonds is 5. The maximum Gasteiger partial charge on any atom is 0.417 e. The quantitative estimate of drug-likeness (QED) is 0.483. The summed E-state index contributed by atoms with van der Waals surface area (Å²) >= 11 is 0. The number of nitro groups is 1. The van der Waals surface area contributed by atoms with Crippen LogP contribution in [0.15, 0.2) is 42.5 Å². The number of esters is 1. The van der Waals surface area contributed by atoms with E-state index in [1.54, 1.807) is 0 Å². The lowest BCUT2D eigenvalue weighted by atomic mass is 10.1. The van der Waals surface area contributed by atoms with E-state index in [4.69, 9.17) is 0 Å². The summed E-state index contributed by atoms with van der Waals surface area (Å²) in [4.78, 5) is 34.0. The van der Waals surface area contributed by atoms with Gasteiger partial charge in [0.05, 0.1) is 27.3 Å². The van der Waals surface area contributed by atoms with Gasteiger partial charge in [-0.1, -0.05) is 18.2 Å². The first-order valence-corrected chi connectivity index (χ1v) is 7.48. The average molecular weight is 382 g/mol. The monoisotopic (exact) mass is 382 g/mol. The number of carbonyl (C=O) groups excluding carboxylic acids is 2. The highest BCUT2D eigenvalue weighted by Crippen LogP contribution is 2.32. The van der Waals surface area contributed by atoms with E-state index >= 15 is 0 Å². The first-order chi connectivity index (χ1) is 12.6. The van der Waals surface area contributed by atoms with Gasteiger partial charge in [-0.2, -0.15) is 13.2 Å². The number of ether oxygens (including phenoxy) is 1. The summed E-state index contributed by atoms with van der Waals surface area (Å²) in [6.45, 7) is 0.562. The van der Waals surface area contributed by atoms with Crippen LogP contribution >= 0.6 is 0 Å². The number of halogens is 3. The lowest BCUT2D eigenvalue weighted by Gasteiger charge is -2.12. The summed E-state index contributed by atoms with van der Waals surface area (Å²) in [5.41, 5.74) is -1.80. The van der Waals surface area contributed by atoms with Gasteiger partial charge < -0.3 is 10.1 Å². The van der Waals surface area contributed by atoms with Crippen molar-refractivity contribution in [3.05, 3.63) is 69.3 Å². The van der Waals surface area contributed by atoms with Gasteiger partial charge >= 0.3 is 12.1 Å². The van der Waals surface area contributed by atoms with E-state index in [1.165, 1.54) is 31.2 Å². The maximum absolute atomic E-state index is 12.9. The van der Waals surface area contributed by atoms with Crippen LogP contribution in [0.4, 0.5) is 24.5 Å². The van der Waals surface area contributed by atoms with Crippen molar-refractivity contribution in [3.8, 4) is 0 Å². The molecule has 0 saturated heterocycles. The van der Waals surface area contributed by atoms with E-state index in [9.17, 15) is 32.9 Å². The number of hydrogen-bond donors (Lipinski definition) is 1. The van der Waals surface area contributed by atoms with Crippen molar-refractivity contribution in [2.45, 2.75) is 13.1 Å². The van der Waals surface area contributed by atoms with Crippen LogP contribution < -0.4 is 5.32 Å². The highest BCUT2D eigenvalue weighted by molar-refractivity contribution is 5.96. The Hall–Kier alpha value is -3.43. The molecule has 0 bridgehead atoms. The van der Waals surface area contributed by atoms with Gasteiger partial charge in [-0.15, -0.1) is 0 Å². The lowest BCUT2D eigenvalue weighted by Crippen LogP contribution is -2.23. The molecule has 10 heteroatoms. The van der Waals surface area contributed by atoms with Crippen LogP contribution in [0.25, 0.3) is 0 Å². The van der Waals surface area contributed by atoms with E-state index in [1.807, 2.05) is 0 Å². The molecule has 0 fully saturated rings. The van der Waals surface area contributed by atoms with Gasteiger partial charge in [0, 0.05) is 6.07 Å². The number of nitro benzene ring substituents is 1. The lowest BCUT2D eigenvalue weighted by molar-refractivity contribution is -0.385. The average Bonchev–Trinajstić information content (AvgIpc) is 2.60. The summed E-state index contributed by atoms with van der Waals surface area (Å²) in [7, 11) is 0. The molecule has 0 heterocycles. The highest BCUT2D eigenvalue weighted by atomic mass is 19.4. The Kier molecular flexibility index (Phi) is 5.78. The SMILES string of the molecule is Cc1c(NC(=O)COC(=O)c2ccccc2C(F)(F)F)cccc1[N+](=O)[O-]. The maximum atomic E-state index is 12.9.